The van der Waals surface area contributed by atoms with Gasteiger partial charge in [-0.1, -0.05) is 30.3 Å². The topological polar surface area (TPSA) is 59.4 Å². The highest BCUT2D eigenvalue weighted by Gasteiger charge is 2.15. The van der Waals surface area contributed by atoms with Crippen molar-refractivity contribution >= 4 is 16.9 Å². The lowest BCUT2D eigenvalue weighted by Gasteiger charge is -2.14. The number of fused-ring (bicyclic) bond motifs is 1. The Morgan fingerprint density at radius 1 is 1.09 bits per heavy atom. The number of pyridine rings is 1. The molecule has 0 fully saturated rings. The number of hydrogen-bond donors (Lipinski definition) is 1. The van der Waals surface area contributed by atoms with Gasteiger partial charge in [0.2, 0.25) is 0 Å². The van der Waals surface area contributed by atoms with Crippen molar-refractivity contribution in [1.82, 2.24) is 4.98 Å². The van der Waals surface area contributed by atoms with Crippen LogP contribution < -0.4 is 4.74 Å². The van der Waals surface area contributed by atoms with Gasteiger partial charge in [-0.05, 0) is 38.1 Å². The third-order valence-corrected chi connectivity index (χ3v) is 3.47. The van der Waals surface area contributed by atoms with Crippen molar-refractivity contribution in [3.63, 3.8) is 0 Å². The maximum atomic E-state index is 11.6. The monoisotopic (exact) mass is 307 g/mol. The average molecular weight is 307 g/mol. The van der Waals surface area contributed by atoms with E-state index in [9.17, 15) is 9.90 Å². The first-order valence-electron chi connectivity index (χ1n) is 7.45. The number of para-hydroxylation sites is 2. The van der Waals surface area contributed by atoms with E-state index in [1.54, 1.807) is 12.1 Å². The van der Waals surface area contributed by atoms with Crippen molar-refractivity contribution in [2.75, 3.05) is 0 Å². The minimum absolute atomic E-state index is 0.0237. The van der Waals surface area contributed by atoms with E-state index in [1.165, 1.54) is 0 Å². The van der Waals surface area contributed by atoms with Gasteiger partial charge in [0.15, 0.2) is 0 Å². The van der Waals surface area contributed by atoms with Gasteiger partial charge in [-0.25, -0.2) is 9.78 Å². The average Bonchev–Trinajstić information content (AvgIpc) is 2.53. The Bertz CT molecular complexity index is 871. The van der Waals surface area contributed by atoms with Crippen molar-refractivity contribution in [3.8, 4) is 17.0 Å². The van der Waals surface area contributed by atoms with E-state index in [0.717, 1.165) is 5.56 Å². The minimum Gasteiger partial charge on any atom is -0.490 e. The maximum Gasteiger partial charge on any atom is 0.336 e. The zero-order valence-electron chi connectivity index (χ0n) is 13.0. The second-order valence-corrected chi connectivity index (χ2v) is 5.54. The second-order valence-electron chi connectivity index (χ2n) is 5.54. The van der Waals surface area contributed by atoms with Gasteiger partial charge in [0.05, 0.1) is 22.9 Å². The molecule has 0 aliphatic heterocycles. The summed E-state index contributed by atoms with van der Waals surface area (Å²) in [5.41, 5.74) is 2.28. The molecule has 0 saturated carbocycles. The standard InChI is InChI=1S/C19H17NO3/c1-12(2)23-18-10-6-4-8-14(18)17-11-15(19(21)22)13-7-3-5-9-16(13)20-17/h3-12H,1-2H3,(H,21,22). The third kappa shape index (κ3) is 3.01. The molecule has 3 rings (SSSR count). The summed E-state index contributed by atoms with van der Waals surface area (Å²) < 4.78 is 5.82. The number of carboxylic acids is 1. The lowest BCUT2D eigenvalue weighted by Crippen LogP contribution is -2.07. The fourth-order valence-electron chi connectivity index (χ4n) is 2.53. The third-order valence-electron chi connectivity index (χ3n) is 3.47. The first kappa shape index (κ1) is 15.0. The summed E-state index contributed by atoms with van der Waals surface area (Å²) in [6.45, 7) is 3.90. The minimum atomic E-state index is -0.966. The number of hydrogen-bond acceptors (Lipinski definition) is 3. The molecule has 116 valence electrons. The molecule has 0 aliphatic rings. The van der Waals surface area contributed by atoms with Crippen LogP contribution in [0.5, 0.6) is 5.75 Å². The highest BCUT2D eigenvalue weighted by Crippen LogP contribution is 2.32. The molecule has 0 spiro atoms. The van der Waals surface area contributed by atoms with E-state index in [2.05, 4.69) is 4.98 Å². The summed E-state index contributed by atoms with van der Waals surface area (Å²) in [6.07, 6.45) is 0.0237. The van der Waals surface area contributed by atoms with Crippen LogP contribution in [0, 0.1) is 0 Å². The molecule has 4 nitrogen and oxygen atoms in total. The van der Waals surface area contributed by atoms with Crippen LogP contribution in [0.4, 0.5) is 0 Å². The molecule has 0 atom stereocenters. The van der Waals surface area contributed by atoms with Crippen molar-refractivity contribution < 1.29 is 14.6 Å². The molecular formula is C19H17NO3. The van der Waals surface area contributed by atoms with Gasteiger partial charge in [-0.15, -0.1) is 0 Å². The van der Waals surface area contributed by atoms with Crippen LogP contribution in [0.3, 0.4) is 0 Å². The van der Waals surface area contributed by atoms with Gasteiger partial charge in [-0.3, -0.25) is 0 Å². The fraction of sp³-hybridized carbons (Fsp3) is 0.158. The van der Waals surface area contributed by atoms with Crippen LogP contribution in [-0.4, -0.2) is 22.2 Å². The molecule has 2 aromatic carbocycles. The van der Waals surface area contributed by atoms with E-state index in [4.69, 9.17) is 4.74 Å². The summed E-state index contributed by atoms with van der Waals surface area (Å²) in [6, 6.07) is 16.4. The molecule has 4 heteroatoms. The number of aromatic carboxylic acids is 1. The van der Waals surface area contributed by atoms with Crippen molar-refractivity contribution in [2.45, 2.75) is 20.0 Å². The maximum absolute atomic E-state index is 11.6. The summed E-state index contributed by atoms with van der Waals surface area (Å²) in [7, 11) is 0. The molecule has 0 saturated heterocycles. The molecule has 3 aromatic rings. The summed E-state index contributed by atoms with van der Waals surface area (Å²) in [4.78, 5) is 16.2. The first-order valence-corrected chi connectivity index (χ1v) is 7.45. The molecular weight excluding hydrogens is 290 g/mol. The molecule has 23 heavy (non-hydrogen) atoms. The van der Waals surface area contributed by atoms with Gasteiger partial charge in [0.1, 0.15) is 5.75 Å². The second kappa shape index (κ2) is 6.08. The Kier molecular flexibility index (Phi) is 3.98. The Hall–Kier alpha value is -2.88. The van der Waals surface area contributed by atoms with Crippen LogP contribution in [-0.2, 0) is 0 Å². The largest absolute Gasteiger partial charge is 0.490 e. The molecule has 0 aliphatic carbocycles. The van der Waals surface area contributed by atoms with E-state index < -0.39 is 5.97 Å². The molecule has 0 unspecified atom stereocenters. The first-order chi connectivity index (χ1) is 11.1. The van der Waals surface area contributed by atoms with Crippen LogP contribution in [0.15, 0.2) is 54.6 Å². The molecule has 0 radical (unpaired) electrons. The highest BCUT2D eigenvalue weighted by atomic mass is 16.5. The van der Waals surface area contributed by atoms with Gasteiger partial charge in [0.25, 0.3) is 0 Å². The van der Waals surface area contributed by atoms with E-state index >= 15 is 0 Å². The number of ether oxygens (including phenoxy) is 1. The van der Waals surface area contributed by atoms with Gasteiger partial charge in [0, 0.05) is 10.9 Å². The van der Waals surface area contributed by atoms with Crippen molar-refractivity contribution in [2.24, 2.45) is 0 Å². The van der Waals surface area contributed by atoms with Gasteiger partial charge in [-0.2, -0.15) is 0 Å². The number of nitrogens with zero attached hydrogens (tertiary/aromatic N) is 1. The SMILES string of the molecule is CC(C)Oc1ccccc1-c1cc(C(=O)O)c2ccccc2n1. The van der Waals surface area contributed by atoms with Gasteiger partial charge < -0.3 is 9.84 Å². The predicted octanol–water partition coefficient (Wildman–Crippen LogP) is 4.39. The highest BCUT2D eigenvalue weighted by molar-refractivity contribution is 6.03. The van der Waals surface area contributed by atoms with Crippen molar-refractivity contribution in [1.29, 1.82) is 0 Å². The lowest BCUT2D eigenvalue weighted by atomic mass is 10.0. The molecule has 1 heterocycles. The van der Waals surface area contributed by atoms with Gasteiger partial charge >= 0.3 is 5.97 Å². The van der Waals surface area contributed by atoms with E-state index in [0.29, 0.717) is 22.3 Å². The summed E-state index contributed by atoms with van der Waals surface area (Å²) >= 11 is 0. The van der Waals surface area contributed by atoms with Crippen LogP contribution in [0.2, 0.25) is 0 Å². The predicted molar refractivity (Wildman–Crippen MR) is 89.9 cm³/mol. The van der Waals surface area contributed by atoms with E-state index in [1.807, 2.05) is 56.3 Å². The van der Waals surface area contributed by atoms with Crippen LogP contribution in [0.25, 0.3) is 22.2 Å². The normalized spacial score (nSPS) is 10.9. The lowest BCUT2D eigenvalue weighted by molar-refractivity contribution is 0.0699. The number of aromatic nitrogens is 1. The number of benzene rings is 2. The Morgan fingerprint density at radius 3 is 2.52 bits per heavy atom. The zero-order chi connectivity index (χ0) is 16.4. The van der Waals surface area contributed by atoms with E-state index in [-0.39, 0.29) is 11.7 Å². The summed E-state index contributed by atoms with van der Waals surface area (Å²) in [5.74, 6) is -0.270. The number of rotatable bonds is 4. The number of carboxylic acid groups (broad SMARTS) is 1. The van der Waals surface area contributed by atoms with Crippen molar-refractivity contribution in [3.05, 3.63) is 60.2 Å². The molecule has 0 bridgehead atoms. The molecule has 0 amide bonds. The summed E-state index contributed by atoms with van der Waals surface area (Å²) in [5, 5.41) is 10.1. The van der Waals surface area contributed by atoms with Crippen LogP contribution >= 0.6 is 0 Å². The Labute approximate surface area is 134 Å². The number of carbonyl (C=O) groups is 1. The smallest absolute Gasteiger partial charge is 0.336 e. The fourth-order valence-corrected chi connectivity index (χ4v) is 2.53. The Balaban J connectivity index is 2.23. The quantitative estimate of drug-likeness (QED) is 0.776. The Morgan fingerprint density at radius 2 is 1.78 bits per heavy atom. The molecule has 1 N–H and O–H groups in total. The van der Waals surface area contributed by atoms with Crippen LogP contribution in [0.1, 0.15) is 24.2 Å². The zero-order valence-corrected chi connectivity index (χ0v) is 13.0. The molecule has 1 aromatic heterocycles.